The number of hydrogen-bond acceptors (Lipinski definition) is 6. The van der Waals surface area contributed by atoms with Crippen LogP contribution in [0.5, 0.6) is 0 Å². The average Bonchev–Trinajstić information content (AvgIpc) is 3.30. The maximum Gasteiger partial charge on any atom is 0.326 e. The van der Waals surface area contributed by atoms with Gasteiger partial charge in [-0.05, 0) is 42.8 Å². The molecule has 0 bridgehead atoms. The number of rotatable bonds is 12. The molecular weight excluding hydrogens is 456 g/mol. The Kier molecular flexibility index (Phi) is 10.8. The minimum Gasteiger partial charge on any atom is -0.480 e. The average molecular weight is 493 g/mol. The third kappa shape index (κ3) is 7.73. The van der Waals surface area contributed by atoms with Crippen molar-refractivity contribution in [3.8, 4) is 0 Å². The molecule has 10 heteroatoms. The number of thioether (sulfide) groups is 1. The van der Waals surface area contributed by atoms with E-state index in [1.165, 1.54) is 4.90 Å². The number of nitrogens with zero attached hydrogens (tertiary/aromatic N) is 1. The quantitative estimate of drug-likeness (QED) is 0.341. The molecule has 9 nitrogen and oxygen atoms in total. The van der Waals surface area contributed by atoms with Gasteiger partial charge < -0.3 is 26.4 Å². The maximum absolute atomic E-state index is 13.6. The fourth-order valence-electron chi connectivity index (χ4n) is 3.97. The molecule has 0 saturated carbocycles. The van der Waals surface area contributed by atoms with Crippen LogP contribution in [0.1, 0.15) is 38.7 Å². The summed E-state index contributed by atoms with van der Waals surface area (Å²) in [6.45, 7) is 3.78. The van der Waals surface area contributed by atoms with Gasteiger partial charge in [-0.2, -0.15) is 11.8 Å². The van der Waals surface area contributed by atoms with E-state index in [0.29, 0.717) is 25.8 Å². The molecule has 0 radical (unpaired) electrons. The minimum absolute atomic E-state index is 0.259. The molecule has 0 aromatic heterocycles. The van der Waals surface area contributed by atoms with Crippen LogP contribution in [0.15, 0.2) is 30.3 Å². The normalized spacial score (nSPS) is 18.3. The molecule has 4 atom stereocenters. The lowest BCUT2D eigenvalue weighted by Crippen LogP contribution is -2.57. The molecule has 1 saturated heterocycles. The molecular formula is C24H36N4O5S. The van der Waals surface area contributed by atoms with Crippen LogP contribution in [0, 0.1) is 5.92 Å². The van der Waals surface area contributed by atoms with Gasteiger partial charge in [0.15, 0.2) is 0 Å². The van der Waals surface area contributed by atoms with Crippen molar-refractivity contribution in [2.75, 3.05) is 18.6 Å². The van der Waals surface area contributed by atoms with E-state index in [0.717, 1.165) is 11.3 Å². The van der Waals surface area contributed by atoms with E-state index < -0.39 is 42.0 Å². The van der Waals surface area contributed by atoms with Crippen LogP contribution < -0.4 is 16.4 Å². The number of aliphatic carboxylic acids is 1. The molecule has 34 heavy (non-hydrogen) atoms. The van der Waals surface area contributed by atoms with Crippen LogP contribution in [-0.4, -0.2) is 76.4 Å². The third-order valence-electron chi connectivity index (χ3n) is 5.94. The first-order chi connectivity index (χ1) is 16.1. The summed E-state index contributed by atoms with van der Waals surface area (Å²) in [7, 11) is 0. The van der Waals surface area contributed by atoms with Gasteiger partial charge in [-0.25, -0.2) is 4.79 Å². The Morgan fingerprint density at radius 1 is 1.18 bits per heavy atom. The van der Waals surface area contributed by atoms with Crippen molar-refractivity contribution in [2.45, 2.75) is 63.7 Å². The van der Waals surface area contributed by atoms with Crippen molar-refractivity contribution in [3.63, 3.8) is 0 Å². The highest BCUT2D eigenvalue weighted by atomic mass is 32.2. The Morgan fingerprint density at radius 2 is 1.85 bits per heavy atom. The summed E-state index contributed by atoms with van der Waals surface area (Å²) in [5.74, 6) is -1.97. The molecule has 2 rings (SSSR count). The molecule has 4 unspecified atom stereocenters. The number of amides is 3. The molecule has 1 aromatic rings. The van der Waals surface area contributed by atoms with Crippen molar-refractivity contribution in [1.29, 1.82) is 0 Å². The third-order valence-corrected chi connectivity index (χ3v) is 6.58. The van der Waals surface area contributed by atoms with E-state index in [1.807, 2.05) is 36.6 Å². The van der Waals surface area contributed by atoms with Crippen LogP contribution in [0.25, 0.3) is 0 Å². The van der Waals surface area contributed by atoms with Crippen LogP contribution in [0.4, 0.5) is 0 Å². The SMILES string of the molecule is CSCCC(N)C(=O)NC(Cc1ccccc1)C(=O)N1CCCC1C(=O)NC(C(=O)O)C(C)C. The van der Waals surface area contributed by atoms with E-state index in [9.17, 15) is 24.3 Å². The molecule has 0 aliphatic carbocycles. The second-order valence-corrected chi connectivity index (χ2v) is 9.88. The molecule has 1 aliphatic rings. The first-order valence-electron chi connectivity index (χ1n) is 11.6. The van der Waals surface area contributed by atoms with E-state index in [-0.39, 0.29) is 18.2 Å². The van der Waals surface area contributed by atoms with E-state index >= 15 is 0 Å². The number of carboxylic acids is 1. The lowest BCUT2D eigenvalue weighted by molar-refractivity contribution is -0.145. The maximum atomic E-state index is 13.6. The standard InChI is InChI=1S/C24H36N4O5S/c1-15(2)20(24(32)33)27-22(30)19-10-7-12-28(19)23(31)18(14-16-8-5-4-6-9-16)26-21(29)17(25)11-13-34-3/h4-6,8-9,15,17-20H,7,10-14,25H2,1-3H3,(H,26,29)(H,27,30)(H,32,33). The number of carbonyl (C=O) groups is 4. The summed E-state index contributed by atoms with van der Waals surface area (Å²) in [6.07, 6.45) is 3.72. The summed E-state index contributed by atoms with van der Waals surface area (Å²) < 4.78 is 0. The van der Waals surface area contributed by atoms with Gasteiger partial charge in [0.05, 0.1) is 6.04 Å². The van der Waals surface area contributed by atoms with Gasteiger partial charge in [-0.3, -0.25) is 14.4 Å². The topological polar surface area (TPSA) is 142 Å². The highest BCUT2D eigenvalue weighted by Gasteiger charge is 2.39. The van der Waals surface area contributed by atoms with Crippen LogP contribution >= 0.6 is 11.8 Å². The lowest BCUT2D eigenvalue weighted by atomic mass is 10.0. The molecule has 5 N–H and O–H groups in total. The van der Waals surface area contributed by atoms with E-state index in [2.05, 4.69) is 10.6 Å². The summed E-state index contributed by atoms with van der Waals surface area (Å²) in [4.78, 5) is 52.2. The summed E-state index contributed by atoms with van der Waals surface area (Å²) in [6, 6.07) is 5.86. The minimum atomic E-state index is -1.12. The Hall–Kier alpha value is -2.59. The number of likely N-dealkylation sites (tertiary alicyclic amines) is 1. The summed E-state index contributed by atoms with van der Waals surface area (Å²) in [5, 5.41) is 14.8. The number of carboxylic acid groups (broad SMARTS) is 1. The number of benzene rings is 1. The van der Waals surface area contributed by atoms with Gasteiger partial charge in [0.1, 0.15) is 18.1 Å². The fourth-order valence-corrected chi connectivity index (χ4v) is 4.46. The number of carbonyl (C=O) groups excluding carboxylic acids is 3. The van der Waals surface area contributed by atoms with E-state index in [4.69, 9.17) is 5.73 Å². The molecule has 3 amide bonds. The Bertz CT molecular complexity index is 851. The zero-order valence-electron chi connectivity index (χ0n) is 20.0. The van der Waals surface area contributed by atoms with Gasteiger partial charge in [0, 0.05) is 13.0 Å². The van der Waals surface area contributed by atoms with Crippen LogP contribution in [0.3, 0.4) is 0 Å². The van der Waals surface area contributed by atoms with Gasteiger partial charge in [-0.15, -0.1) is 0 Å². The molecule has 1 heterocycles. The zero-order valence-corrected chi connectivity index (χ0v) is 20.8. The van der Waals surface area contributed by atoms with Crippen molar-refractivity contribution >= 4 is 35.5 Å². The van der Waals surface area contributed by atoms with Crippen molar-refractivity contribution in [3.05, 3.63) is 35.9 Å². The van der Waals surface area contributed by atoms with Gasteiger partial charge in [-0.1, -0.05) is 44.2 Å². The second-order valence-electron chi connectivity index (χ2n) is 8.90. The lowest BCUT2D eigenvalue weighted by Gasteiger charge is -2.30. The smallest absolute Gasteiger partial charge is 0.326 e. The first-order valence-corrected chi connectivity index (χ1v) is 13.0. The van der Waals surface area contributed by atoms with Crippen LogP contribution in [0.2, 0.25) is 0 Å². The monoisotopic (exact) mass is 492 g/mol. The number of nitrogens with two attached hydrogens (primary N) is 1. The van der Waals surface area contributed by atoms with E-state index in [1.54, 1.807) is 25.6 Å². The van der Waals surface area contributed by atoms with Gasteiger partial charge in [0.25, 0.3) is 0 Å². The molecule has 188 valence electrons. The van der Waals surface area contributed by atoms with Crippen molar-refractivity contribution < 1.29 is 24.3 Å². The van der Waals surface area contributed by atoms with Gasteiger partial charge >= 0.3 is 5.97 Å². The molecule has 0 spiro atoms. The van der Waals surface area contributed by atoms with Crippen molar-refractivity contribution in [2.24, 2.45) is 11.7 Å². The predicted molar refractivity (Wildman–Crippen MR) is 132 cm³/mol. The summed E-state index contributed by atoms with van der Waals surface area (Å²) >= 11 is 1.59. The highest BCUT2D eigenvalue weighted by molar-refractivity contribution is 7.98. The summed E-state index contributed by atoms with van der Waals surface area (Å²) in [5.41, 5.74) is 6.88. The number of nitrogens with one attached hydrogen (secondary N) is 2. The molecule has 1 aliphatic heterocycles. The fraction of sp³-hybridized carbons (Fsp3) is 0.583. The Morgan fingerprint density at radius 3 is 2.44 bits per heavy atom. The highest BCUT2D eigenvalue weighted by Crippen LogP contribution is 2.20. The predicted octanol–water partition coefficient (Wildman–Crippen LogP) is 1.01. The Labute approximate surface area is 205 Å². The molecule has 1 fully saturated rings. The van der Waals surface area contributed by atoms with Gasteiger partial charge in [0.2, 0.25) is 17.7 Å². The first kappa shape index (κ1) is 27.7. The number of hydrogen-bond donors (Lipinski definition) is 4. The Balaban J connectivity index is 2.19. The molecule has 1 aromatic carbocycles. The largest absolute Gasteiger partial charge is 0.480 e. The zero-order chi connectivity index (χ0) is 25.3. The van der Waals surface area contributed by atoms with Crippen molar-refractivity contribution in [1.82, 2.24) is 15.5 Å². The van der Waals surface area contributed by atoms with Crippen LogP contribution in [-0.2, 0) is 25.6 Å². The second kappa shape index (κ2) is 13.3.